The fourth-order valence-corrected chi connectivity index (χ4v) is 2.96. The number of carboxylic acid groups (broad SMARTS) is 1. The molecule has 0 fully saturated rings. The van der Waals surface area contributed by atoms with E-state index in [9.17, 15) is 18.0 Å². The van der Waals surface area contributed by atoms with Gasteiger partial charge in [-0.1, -0.05) is 6.07 Å². The van der Waals surface area contributed by atoms with Crippen LogP contribution >= 0.6 is 0 Å². The second kappa shape index (κ2) is 6.68. The Morgan fingerprint density at radius 3 is 2.38 bits per heavy atom. The molecule has 21 heavy (non-hydrogen) atoms. The monoisotopic (exact) mass is 314 g/mol. The standard InChI is InChI=1S/C13H18N2O5S/c1-8-3-4-10(7-9(8)2)21(19,20)15-11(13(17)18)5-6-12(14)16/h3-4,7,11,15H,5-6H2,1-2H3,(H2,14,16)(H,17,18)/t11-/m1/s1. The fourth-order valence-electron chi connectivity index (χ4n) is 1.66. The van der Waals surface area contributed by atoms with Gasteiger partial charge in [-0.3, -0.25) is 9.59 Å². The third-order valence-corrected chi connectivity index (χ3v) is 4.53. The summed E-state index contributed by atoms with van der Waals surface area (Å²) < 4.78 is 26.4. The van der Waals surface area contributed by atoms with Crippen LogP contribution in [0.3, 0.4) is 0 Å². The molecule has 4 N–H and O–H groups in total. The molecule has 1 aromatic rings. The highest BCUT2D eigenvalue weighted by Crippen LogP contribution is 2.15. The van der Waals surface area contributed by atoms with Crippen LogP contribution in [0.25, 0.3) is 0 Å². The lowest BCUT2D eigenvalue weighted by atomic mass is 10.1. The maximum Gasteiger partial charge on any atom is 0.321 e. The van der Waals surface area contributed by atoms with Crippen molar-refractivity contribution in [3.8, 4) is 0 Å². The van der Waals surface area contributed by atoms with Gasteiger partial charge in [-0.05, 0) is 43.5 Å². The molecule has 1 aromatic carbocycles. The first kappa shape index (κ1) is 17.1. The number of rotatable bonds is 7. The van der Waals surface area contributed by atoms with E-state index in [2.05, 4.69) is 4.72 Å². The first-order valence-corrected chi connectivity index (χ1v) is 7.72. The van der Waals surface area contributed by atoms with Gasteiger partial charge in [0, 0.05) is 6.42 Å². The lowest BCUT2D eigenvalue weighted by Gasteiger charge is -2.14. The molecule has 0 unspecified atom stereocenters. The maximum atomic E-state index is 12.2. The minimum Gasteiger partial charge on any atom is -0.480 e. The number of carbonyl (C=O) groups excluding carboxylic acids is 1. The number of amides is 1. The van der Waals surface area contributed by atoms with Crippen LogP contribution in [0.4, 0.5) is 0 Å². The maximum absolute atomic E-state index is 12.2. The number of aryl methyl sites for hydroxylation is 2. The molecular weight excluding hydrogens is 296 g/mol. The molecular formula is C13H18N2O5S. The van der Waals surface area contributed by atoms with Gasteiger partial charge in [0.15, 0.2) is 0 Å². The molecule has 7 nitrogen and oxygen atoms in total. The highest BCUT2D eigenvalue weighted by Gasteiger charge is 2.25. The number of aliphatic carboxylic acids is 1. The van der Waals surface area contributed by atoms with E-state index in [0.717, 1.165) is 11.1 Å². The molecule has 0 saturated carbocycles. The number of hydrogen-bond acceptors (Lipinski definition) is 4. The molecule has 0 aliphatic rings. The Kier molecular flexibility index (Phi) is 5.45. The highest BCUT2D eigenvalue weighted by molar-refractivity contribution is 7.89. The van der Waals surface area contributed by atoms with Crippen molar-refractivity contribution >= 4 is 21.9 Å². The third kappa shape index (κ3) is 4.83. The molecule has 1 rings (SSSR count). The van der Waals surface area contributed by atoms with Crippen LogP contribution in [0.1, 0.15) is 24.0 Å². The van der Waals surface area contributed by atoms with E-state index in [-0.39, 0.29) is 17.7 Å². The summed E-state index contributed by atoms with van der Waals surface area (Å²) in [5.74, 6) is -2.05. The zero-order valence-electron chi connectivity index (χ0n) is 11.8. The van der Waals surface area contributed by atoms with Crippen molar-refractivity contribution in [2.45, 2.75) is 37.6 Å². The number of carbonyl (C=O) groups is 2. The van der Waals surface area contributed by atoms with E-state index in [1.807, 2.05) is 6.92 Å². The SMILES string of the molecule is Cc1ccc(S(=O)(=O)N[C@H](CCC(N)=O)C(=O)O)cc1C. The molecule has 0 aliphatic carbocycles. The number of hydrogen-bond donors (Lipinski definition) is 3. The molecule has 0 spiro atoms. The van der Waals surface area contributed by atoms with Gasteiger partial charge in [-0.15, -0.1) is 0 Å². The Bertz CT molecular complexity index is 655. The van der Waals surface area contributed by atoms with Crippen LogP contribution in [-0.4, -0.2) is 31.4 Å². The normalized spacial score (nSPS) is 12.9. The second-order valence-electron chi connectivity index (χ2n) is 4.76. The number of primary amides is 1. The molecule has 0 radical (unpaired) electrons. The van der Waals surface area contributed by atoms with Crippen molar-refractivity contribution in [2.24, 2.45) is 5.73 Å². The predicted octanol–water partition coefficient (Wildman–Crippen LogP) is 0.300. The van der Waals surface area contributed by atoms with Crippen LogP contribution in [-0.2, 0) is 19.6 Å². The first-order valence-electron chi connectivity index (χ1n) is 6.24. The van der Waals surface area contributed by atoms with Gasteiger partial charge in [0.2, 0.25) is 15.9 Å². The summed E-state index contributed by atoms with van der Waals surface area (Å²) in [5.41, 5.74) is 6.65. The topological polar surface area (TPSA) is 127 Å². The number of benzene rings is 1. The van der Waals surface area contributed by atoms with E-state index in [1.165, 1.54) is 12.1 Å². The number of nitrogens with one attached hydrogen (secondary N) is 1. The zero-order valence-corrected chi connectivity index (χ0v) is 12.6. The van der Waals surface area contributed by atoms with Gasteiger partial charge in [0.25, 0.3) is 0 Å². The van der Waals surface area contributed by atoms with Crippen LogP contribution in [0.2, 0.25) is 0 Å². The summed E-state index contributed by atoms with van der Waals surface area (Å²) in [6.07, 6.45) is -0.416. The Balaban J connectivity index is 2.97. The van der Waals surface area contributed by atoms with Gasteiger partial charge in [0.1, 0.15) is 6.04 Å². The predicted molar refractivity (Wildman–Crippen MR) is 76.1 cm³/mol. The molecule has 1 atom stereocenters. The first-order chi connectivity index (χ1) is 9.63. The van der Waals surface area contributed by atoms with E-state index < -0.39 is 27.9 Å². The van der Waals surface area contributed by atoms with Crippen molar-refractivity contribution in [1.82, 2.24) is 4.72 Å². The van der Waals surface area contributed by atoms with Crippen molar-refractivity contribution in [1.29, 1.82) is 0 Å². The van der Waals surface area contributed by atoms with E-state index in [1.54, 1.807) is 13.0 Å². The minimum atomic E-state index is -3.97. The smallest absolute Gasteiger partial charge is 0.321 e. The van der Waals surface area contributed by atoms with E-state index in [4.69, 9.17) is 10.8 Å². The largest absolute Gasteiger partial charge is 0.480 e. The third-order valence-electron chi connectivity index (χ3n) is 3.06. The lowest BCUT2D eigenvalue weighted by Crippen LogP contribution is -2.41. The summed E-state index contributed by atoms with van der Waals surface area (Å²) in [6.45, 7) is 3.60. The summed E-state index contributed by atoms with van der Waals surface area (Å²) in [4.78, 5) is 21.7. The molecule has 116 valence electrons. The summed E-state index contributed by atoms with van der Waals surface area (Å²) >= 11 is 0. The van der Waals surface area contributed by atoms with E-state index in [0.29, 0.717) is 0 Å². The van der Waals surface area contributed by atoms with Gasteiger partial charge in [-0.2, -0.15) is 4.72 Å². The lowest BCUT2D eigenvalue weighted by molar-refractivity contribution is -0.139. The zero-order chi connectivity index (χ0) is 16.2. The fraction of sp³-hybridized carbons (Fsp3) is 0.385. The van der Waals surface area contributed by atoms with Crippen LogP contribution in [0.15, 0.2) is 23.1 Å². The van der Waals surface area contributed by atoms with Crippen molar-refractivity contribution in [3.63, 3.8) is 0 Å². The van der Waals surface area contributed by atoms with Crippen molar-refractivity contribution in [2.75, 3.05) is 0 Å². The number of carboxylic acids is 1. The summed E-state index contributed by atoms with van der Waals surface area (Å²) in [6, 6.07) is 3.11. The Hall–Kier alpha value is -1.93. The highest BCUT2D eigenvalue weighted by atomic mass is 32.2. The average Bonchev–Trinajstić information content (AvgIpc) is 2.37. The van der Waals surface area contributed by atoms with Gasteiger partial charge >= 0.3 is 5.97 Å². The van der Waals surface area contributed by atoms with Crippen LogP contribution in [0, 0.1) is 13.8 Å². The molecule has 0 aromatic heterocycles. The van der Waals surface area contributed by atoms with Crippen molar-refractivity contribution < 1.29 is 23.1 Å². The summed E-state index contributed by atoms with van der Waals surface area (Å²) in [7, 11) is -3.97. The minimum absolute atomic E-state index is 0.0177. The van der Waals surface area contributed by atoms with Gasteiger partial charge < -0.3 is 10.8 Å². The van der Waals surface area contributed by atoms with Gasteiger partial charge in [-0.25, -0.2) is 8.42 Å². The van der Waals surface area contributed by atoms with Crippen molar-refractivity contribution in [3.05, 3.63) is 29.3 Å². The second-order valence-corrected chi connectivity index (χ2v) is 6.48. The molecule has 1 amide bonds. The Morgan fingerprint density at radius 1 is 1.29 bits per heavy atom. The molecule has 0 heterocycles. The average molecular weight is 314 g/mol. The van der Waals surface area contributed by atoms with Crippen LogP contribution < -0.4 is 10.5 Å². The molecule has 8 heteroatoms. The Morgan fingerprint density at radius 2 is 1.90 bits per heavy atom. The quantitative estimate of drug-likeness (QED) is 0.667. The summed E-state index contributed by atoms with van der Waals surface area (Å²) in [5, 5.41) is 9.02. The molecule has 0 saturated heterocycles. The Labute approximate surface area is 123 Å². The number of sulfonamides is 1. The van der Waals surface area contributed by atoms with Crippen LogP contribution in [0.5, 0.6) is 0 Å². The molecule has 0 aliphatic heterocycles. The van der Waals surface area contributed by atoms with Gasteiger partial charge in [0.05, 0.1) is 4.90 Å². The number of nitrogens with two attached hydrogens (primary N) is 1. The van der Waals surface area contributed by atoms with E-state index >= 15 is 0 Å². The molecule has 0 bridgehead atoms.